The predicted molar refractivity (Wildman–Crippen MR) is 77.4 cm³/mol. The van der Waals surface area contributed by atoms with Crippen molar-refractivity contribution in [2.45, 2.75) is 11.3 Å². The molecule has 0 saturated heterocycles. The molecule has 11 heteroatoms. The number of rotatable bonds is 7. The monoisotopic (exact) mass is 338 g/mol. The molecule has 0 radical (unpaired) electrons. The van der Waals surface area contributed by atoms with Gasteiger partial charge in [-0.15, -0.1) is 10.2 Å². The van der Waals surface area contributed by atoms with Crippen molar-refractivity contribution in [2.75, 3.05) is 30.9 Å². The fraction of sp³-hybridized carbons (Fsp3) is 0.556. The Balaban J connectivity index is 2.52. The number of nitrogens with one attached hydrogen (secondary N) is 1. The first-order valence-electron chi connectivity index (χ1n) is 5.35. The van der Waals surface area contributed by atoms with Crippen LogP contribution in [0.5, 0.6) is 0 Å². The number of anilines is 1. The first-order valence-corrected chi connectivity index (χ1v) is 9.00. The molecule has 0 aliphatic carbocycles. The third-order valence-corrected chi connectivity index (χ3v) is 5.36. The number of aromatic nitrogens is 2. The molecule has 0 bridgehead atoms. The fourth-order valence-electron chi connectivity index (χ4n) is 0.960. The van der Waals surface area contributed by atoms with Crippen LogP contribution in [0.15, 0.2) is 4.34 Å². The third kappa shape index (κ3) is 5.94. The smallest absolute Gasteiger partial charge is 0.241 e. The number of carbonyl (C=O) groups excluding carboxylic acids is 2. The lowest BCUT2D eigenvalue weighted by atomic mass is 10.5. The molecule has 0 aliphatic heterocycles. The molecule has 1 aromatic rings. The molecule has 0 atom stereocenters. The van der Waals surface area contributed by atoms with E-state index in [-0.39, 0.29) is 17.5 Å². The predicted octanol–water partition coefficient (Wildman–Crippen LogP) is 0.0491. The van der Waals surface area contributed by atoms with Gasteiger partial charge < -0.3 is 0 Å². The van der Waals surface area contributed by atoms with Gasteiger partial charge in [-0.25, -0.2) is 8.42 Å². The molecule has 0 fully saturated rings. The second kappa shape index (κ2) is 7.11. The maximum Gasteiger partial charge on any atom is 0.241 e. The minimum atomic E-state index is -3.40. The highest BCUT2D eigenvalue weighted by atomic mass is 32.2. The molecule has 1 N–H and O–H groups in total. The van der Waals surface area contributed by atoms with Crippen molar-refractivity contribution in [3.05, 3.63) is 0 Å². The molecule has 20 heavy (non-hydrogen) atoms. The highest BCUT2D eigenvalue weighted by molar-refractivity contribution is 8.01. The molecule has 1 heterocycles. The highest BCUT2D eigenvalue weighted by Gasteiger charge is 2.16. The van der Waals surface area contributed by atoms with Crippen molar-refractivity contribution < 1.29 is 18.0 Å². The summed E-state index contributed by atoms with van der Waals surface area (Å²) in [5.41, 5.74) is 0. The normalized spacial score (nSPS) is 11.6. The van der Waals surface area contributed by atoms with Crippen LogP contribution in [0.1, 0.15) is 6.92 Å². The number of hydrogen-bond acceptors (Lipinski definition) is 8. The zero-order valence-electron chi connectivity index (χ0n) is 11.1. The molecule has 1 aromatic heterocycles. The SMILES string of the molecule is CC(=O)CSc1nnc(NC(=O)CN(C)S(C)(=O)=O)s1. The van der Waals surface area contributed by atoms with Crippen LogP contribution in [0.4, 0.5) is 5.13 Å². The number of hydrogen-bond donors (Lipinski definition) is 1. The second-order valence-electron chi connectivity index (χ2n) is 3.93. The zero-order valence-corrected chi connectivity index (χ0v) is 13.6. The number of nitrogens with zero attached hydrogens (tertiary/aromatic N) is 3. The van der Waals surface area contributed by atoms with Crippen LogP contribution in [-0.4, -0.2) is 60.2 Å². The van der Waals surface area contributed by atoms with Crippen LogP contribution < -0.4 is 5.32 Å². The average molecular weight is 338 g/mol. The van der Waals surface area contributed by atoms with Gasteiger partial charge in [0, 0.05) is 7.05 Å². The summed E-state index contributed by atoms with van der Waals surface area (Å²) in [4.78, 5) is 22.4. The van der Waals surface area contributed by atoms with Gasteiger partial charge >= 0.3 is 0 Å². The van der Waals surface area contributed by atoms with Crippen LogP contribution in [0.25, 0.3) is 0 Å². The Morgan fingerprint density at radius 3 is 2.60 bits per heavy atom. The molecule has 0 spiro atoms. The summed E-state index contributed by atoms with van der Waals surface area (Å²) in [7, 11) is -2.10. The zero-order chi connectivity index (χ0) is 15.3. The summed E-state index contributed by atoms with van der Waals surface area (Å²) >= 11 is 2.36. The Morgan fingerprint density at radius 1 is 1.40 bits per heavy atom. The molecule has 0 aliphatic rings. The van der Waals surface area contributed by atoms with Crippen LogP contribution in [-0.2, 0) is 19.6 Å². The molecule has 0 aromatic carbocycles. The minimum Gasteiger partial charge on any atom is -0.299 e. The van der Waals surface area contributed by atoms with Gasteiger partial charge in [-0.1, -0.05) is 23.1 Å². The van der Waals surface area contributed by atoms with Gasteiger partial charge in [0.15, 0.2) is 4.34 Å². The van der Waals surface area contributed by atoms with Crippen molar-refractivity contribution in [3.8, 4) is 0 Å². The third-order valence-electron chi connectivity index (χ3n) is 1.98. The number of amides is 1. The number of thioether (sulfide) groups is 1. The van der Waals surface area contributed by atoms with Gasteiger partial charge in [-0.05, 0) is 6.92 Å². The van der Waals surface area contributed by atoms with E-state index in [1.165, 1.54) is 25.7 Å². The lowest BCUT2D eigenvalue weighted by molar-refractivity contribution is -0.116. The summed E-state index contributed by atoms with van der Waals surface area (Å²) < 4.78 is 23.8. The number of carbonyl (C=O) groups is 2. The van der Waals surface area contributed by atoms with Gasteiger partial charge in [-0.2, -0.15) is 4.31 Å². The maximum atomic E-state index is 11.6. The molecule has 8 nitrogen and oxygen atoms in total. The van der Waals surface area contributed by atoms with Crippen LogP contribution >= 0.6 is 23.1 Å². The summed E-state index contributed by atoms with van der Waals surface area (Å²) in [6, 6.07) is 0. The second-order valence-corrected chi connectivity index (χ2v) is 8.22. The van der Waals surface area contributed by atoms with Gasteiger partial charge in [-0.3, -0.25) is 14.9 Å². The van der Waals surface area contributed by atoms with Gasteiger partial charge in [0.2, 0.25) is 21.1 Å². The van der Waals surface area contributed by atoms with Crippen molar-refractivity contribution in [1.82, 2.24) is 14.5 Å². The van der Waals surface area contributed by atoms with Gasteiger partial charge in [0.25, 0.3) is 0 Å². The van der Waals surface area contributed by atoms with E-state index in [0.717, 1.165) is 21.9 Å². The quantitative estimate of drug-likeness (QED) is 0.552. The van der Waals surface area contributed by atoms with E-state index in [9.17, 15) is 18.0 Å². The first-order chi connectivity index (χ1) is 9.18. The summed E-state index contributed by atoms with van der Waals surface area (Å²) in [5.74, 6) is -0.192. The van der Waals surface area contributed by atoms with Gasteiger partial charge in [0.05, 0.1) is 18.6 Å². The summed E-state index contributed by atoms with van der Waals surface area (Å²) in [6.07, 6.45) is 1.02. The van der Waals surface area contributed by atoms with E-state index in [1.807, 2.05) is 0 Å². The summed E-state index contributed by atoms with van der Waals surface area (Å²) in [5, 5.41) is 10.3. The Bertz CT molecular complexity index is 598. The van der Waals surface area contributed by atoms with E-state index in [0.29, 0.717) is 10.1 Å². The Morgan fingerprint density at radius 2 is 2.05 bits per heavy atom. The number of ketones is 1. The van der Waals surface area contributed by atoms with Gasteiger partial charge in [0.1, 0.15) is 5.78 Å². The van der Waals surface area contributed by atoms with Crippen molar-refractivity contribution in [1.29, 1.82) is 0 Å². The molecule has 0 unspecified atom stereocenters. The fourth-order valence-corrected chi connectivity index (χ4v) is 2.88. The molecule has 1 rings (SSSR count). The summed E-state index contributed by atoms with van der Waals surface area (Å²) in [6.45, 7) is 1.17. The maximum absolute atomic E-state index is 11.6. The number of likely N-dealkylation sites (N-methyl/N-ethyl adjacent to an activating group) is 1. The lowest BCUT2D eigenvalue weighted by Gasteiger charge is -2.12. The first kappa shape index (κ1) is 17.0. The van der Waals surface area contributed by atoms with Crippen molar-refractivity contribution in [2.24, 2.45) is 0 Å². The van der Waals surface area contributed by atoms with E-state index in [4.69, 9.17) is 0 Å². The number of Topliss-reactive ketones (excluding diaryl/α,β-unsaturated/α-hetero) is 1. The Hall–Kier alpha value is -1.04. The Labute approximate surface area is 125 Å². The van der Waals surface area contributed by atoms with Crippen LogP contribution in [0.2, 0.25) is 0 Å². The minimum absolute atomic E-state index is 0.0190. The van der Waals surface area contributed by atoms with E-state index in [1.54, 1.807) is 0 Å². The molecular formula is C9H14N4O4S3. The molecular weight excluding hydrogens is 324 g/mol. The van der Waals surface area contributed by atoms with E-state index < -0.39 is 15.9 Å². The molecule has 112 valence electrons. The van der Waals surface area contributed by atoms with Crippen LogP contribution in [0.3, 0.4) is 0 Å². The standard InChI is InChI=1S/C9H14N4O4S3/c1-6(14)5-18-9-12-11-8(19-9)10-7(15)4-13(2)20(3,16)17/h4-5H2,1-3H3,(H,10,11,15). The topological polar surface area (TPSA) is 109 Å². The number of sulfonamides is 1. The van der Waals surface area contributed by atoms with E-state index >= 15 is 0 Å². The van der Waals surface area contributed by atoms with Crippen molar-refractivity contribution in [3.63, 3.8) is 0 Å². The largest absolute Gasteiger partial charge is 0.299 e. The molecule has 1 amide bonds. The van der Waals surface area contributed by atoms with Crippen LogP contribution in [0, 0.1) is 0 Å². The molecule has 0 saturated carbocycles. The highest BCUT2D eigenvalue weighted by Crippen LogP contribution is 2.25. The van der Waals surface area contributed by atoms with E-state index in [2.05, 4.69) is 15.5 Å². The Kier molecular flexibility index (Phi) is 6.05. The average Bonchev–Trinajstić information content (AvgIpc) is 2.72. The van der Waals surface area contributed by atoms with Crippen molar-refractivity contribution >= 4 is 49.9 Å². The lowest BCUT2D eigenvalue weighted by Crippen LogP contribution is -2.34.